The summed E-state index contributed by atoms with van der Waals surface area (Å²) in [4.78, 5) is 28.1. The predicted molar refractivity (Wildman–Crippen MR) is 84.6 cm³/mol. The largest absolute Gasteiger partial charge is 0.374 e. The van der Waals surface area contributed by atoms with Crippen LogP contribution in [-0.4, -0.2) is 51.4 Å². The lowest BCUT2D eigenvalue weighted by Crippen LogP contribution is -2.38. The van der Waals surface area contributed by atoms with Gasteiger partial charge in [-0.3, -0.25) is 14.3 Å². The maximum Gasteiger partial charge on any atom is 0.266 e. The monoisotopic (exact) mass is 336 g/mol. The number of carbonyl (C=O) groups is 1. The molecule has 1 atom stereocenters. The van der Waals surface area contributed by atoms with Gasteiger partial charge < -0.3 is 14.6 Å². The van der Waals surface area contributed by atoms with Gasteiger partial charge in [0.15, 0.2) is 0 Å². The van der Waals surface area contributed by atoms with Crippen molar-refractivity contribution in [3.05, 3.63) is 51.7 Å². The number of pyridine rings is 1. The van der Waals surface area contributed by atoms with E-state index in [2.05, 4.69) is 10.1 Å². The zero-order chi connectivity index (χ0) is 16.2. The van der Waals surface area contributed by atoms with Gasteiger partial charge in [0.05, 0.1) is 18.2 Å². The van der Waals surface area contributed by atoms with E-state index in [0.29, 0.717) is 31.8 Å². The molecule has 3 heterocycles. The number of aromatic amines is 1. The van der Waals surface area contributed by atoms with Gasteiger partial charge >= 0.3 is 0 Å². The summed E-state index contributed by atoms with van der Waals surface area (Å²) < 4.78 is 7.58. The molecule has 0 spiro atoms. The fourth-order valence-corrected chi connectivity index (χ4v) is 2.74. The van der Waals surface area contributed by atoms with Crippen LogP contribution in [0.4, 0.5) is 0 Å². The molecule has 0 saturated carbocycles. The highest BCUT2D eigenvalue weighted by molar-refractivity contribution is 6.30. The molecule has 2 aromatic rings. The summed E-state index contributed by atoms with van der Waals surface area (Å²) in [6.07, 6.45) is 5.60. The first-order valence-electron chi connectivity index (χ1n) is 7.40. The first kappa shape index (κ1) is 15.8. The number of nitrogens with one attached hydrogen (secondary N) is 1. The number of hydrogen-bond acceptors (Lipinski definition) is 4. The number of halogens is 1. The molecular formula is C15H17ClN4O3. The van der Waals surface area contributed by atoms with E-state index in [1.807, 2.05) is 12.3 Å². The highest BCUT2D eigenvalue weighted by Crippen LogP contribution is 2.13. The lowest BCUT2D eigenvalue weighted by molar-refractivity contribution is 0.0367. The molecule has 1 amide bonds. The molecule has 0 bridgehead atoms. The second-order valence-electron chi connectivity index (χ2n) is 5.39. The highest BCUT2D eigenvalue weighted by atomic mass is 35.5. The van der Waals surface area contributed by atoms with E-state index in [1.54, 1.807) is 15.8 Å². The Bertz CT molecular complexity index is 729. The van der Waals surface area contributed by atoms with Crippen molar-refractivity contribution < 1.29 is 9.53 Å². The molecule has 1 fully saturated rings. The van der Waals surface area contributed by atoms with Crippen molar-refractivity contribution in [1.29, 1.82) is 0 Å². The van der Waals surface area contributed by atoms with Crippen LogP contribution < -0.4 is 5.56 Å². The third-order valence-corrected chi connectivity index (χ3v) is 3.97. The average Bonchev–Trinajstić information content (AvgIpc) is 2.94. The van der Waals surface area contributed by atoms with Crippen molar-refractivity contribution in [1.82, 2.24) is 19.7 Å². The van der Waals surface area contributed by atoms with Crippen LogP contribution in [0.3, 0.4) is 0 Å². The summed E-state index contributed by atoms with van der Waals surface area (Å²) in [5.74, 6) is -0.167. The number of hydrogen-bond donors (Lipinski definition) is 1. The van der Waals surface area contributed by atoms with Crippen molar-refractivity contribution in [2.75, 3.05) is 19.7 Å². The molecule has 0 aliphatic carbocycles. The van der Waals surface area contributed by atoms with Crippen LogP contribution in [0, 0.1) is 0 Å². The summed E-state index contributed by atoms with van der Waals surface area (Å²) in [5, 5.41) is 4.18. The van der Waals surface area contributed by atoms with Crippen LogP contribution in [0.25, 0.3) is 0 Å². The smallest absolute Gasteiger partial charge is 0.266 e. The second-order valence-corrected chi connectivity index (χ2v) is 5.80. The molecule has 1 aliphatic rings. The molecule has 1 aliphatic heterocycles. The normalized spacial score (nSPS) is 18.7. The summed E-state index contributed by atoms with van der Waals surface area (Å²) in [6.45, 7) is 2.26. The number of aromatic nitrogens is 3. The lowest BCUT2D eigenvalue weighted by atomic mass is 10.2. The predicted octanol–water partition coefficient (Wildman–Crippen LogP) is 1.16. The standard InChI is InChI=1S/C15H17ClN4O3/c16-13-7-11(8-17-14(13)21)15(22)19-4-2-6-23-12(9-19)10-20-5-1-3-18-20/h1,3,5,7-8,12H,2,4,6,9-10H2,(H,17,21). The fraction of sp³-hybridized carbons (Fsp3) is 0.400. The van der Waals surface area contributed by atoms with E-state index in [4.69, 9.17) is 16.3 Å². The van der Waals surface area contributed by atoms with Crippen molar-refractivity contribution in [2.24, 2.45) is 0 Å². The number of rotatable bonds is 3. The quantitative estimate of drug-likeness (QED) is 0.912. The summed E-state index contributed by atoms with van der Waals surface area (Å²) >= 11 is 5.80. The second kappa shape index (κ2) is 6.97. The van der Waals surface area contributed by atoms with Gasteiger partial charge in [-0.1, -0.05) is 11.6 Å². The maximum absolute atomic E-state index is 12.6. The molecule has 23 heavy (non-hydrogen) atoms. The molecule has 122 valence electrons. The number of nitrogens with zero attached hydrogens (tertiary/aromatic N) is 3. The Kier molecular flexibility index (Phi) is 4.78. The third kappa shape index (κ3) is 3.80. The van der Waals surface area contributed by atoms with Gasteiger partial charge in [-0.25, -0.2) is 0 Å². The highest BCUT2D eigenvalue weighted by Gasteiger charge is 2.24. The molecule has 1 saturated heterocycles. The molecule has 0 radical (unpaired) electrons. The minimum absolute atomic E-state index is 0.00927. The van der Waals surface area contributed by atoms with Crippen LogP contribution in [0.2, 0.25) is 5.02 Å². The van der Waals surface area contributed by atoms with Crippen molar-refractivity contribution in [3.8, 4) is 0 Å². The van der Waals surface area contributed by atoms with E-state index in [-0.39, 0.29) is 17.0 Å². The van der Waals surface area contributed by atoms with E-state index in [0.717, 1.165) is 6.42 Å². The Morgan fingerprint density at radius 2 is 2.39 bits per heavy atom. The first-order chi connectivity index (χ1) is 11.1. The third-order valence-electron chi connectivity index (χ3n) is 3.69. The maximum atomic E-state index is 12.6. The van der Waals surface area contributed by atoms with Crippen LogP contribution in [-0.2, 0) is 11.3 Å². The van der Waals surface area contributed by atoms with Gasteiger partial charge in [0.2, 0.25) is 0 Å². The van der Waals surface area contributed by atoms with Crippen molar-refractivity contribution in [3.63, 3.8) is 0 Å². The van der Waals surface area contributed by atoms with E-state index in [9.17, 15) is 9.59 Å². The fourth-order valence-electron chi connectivity index (χ4n) is 2.57. The Morgan fingerprint density at radius 1 is 1.52 bits per heavy atom. The van der Waals surface area contributed by atoms with Crippen LogP contribution >= 0.6 is 11.6 Å². The lowest BCUT2D eigenvalue weighted by Gasteiger charge is -2.24. The van der Waals surface area contributed by atoms with Crippen LogP contribution in [0.1, 0.15) is 16.8 Å². The molecule has 7 nitrogen and oxygen atoms in total. The van der Waals surface area contributed by atoms with E-state index >= 15 is 0 Å². The first-order valence-corrected chi connectivity index (χ1v) is 7.78. The summed E-state index contributed by atoms with van der Waals surface area (Å²) in [5.41, 5.74) is -0.0340. The van der Waals surface area contributed by atoms with Crippen LogP contribution in [0.15, 0.2) is 35.5 Å². The molecule has 1 unspecified atom stereocenters. The Morgan fingerprint density at radius 3 is 3.13 bits per heavy atom. The zero-order valence-corrected chi connectivity index (χ0v) is 13.2. The Labute approximate surface area is 137 Å². The van der Waals surface area contributed by atoms with E-state index < -0.39 is 5.56 Å². The number of carbonyl (C=O) groups excluding carboxylic acids is 1. The van der Waals surface area contributed by atoms with Crippen LogP contribution in [0.5, 0.6) is 0 Å². The summed E-state index contributed by atoms with van der Waals surface area (Å²) in [6, 6.07) is 3.25. The topological polar surface area (TPSA) is 80.2 Å². The average molecular weight is 337 g/mol. The zero-order valence-electron chi connectivity index (χ0n) is 12.4. The SMILES string of the molecule is O=C(c1c[nH]c(=O)c(Cl)c1)N1CCCOC(Cn2cccn2)C1. The van der Waals surface area contributed by atoms with Gasteiger partial charge in [0.25, 0.3) is 11.5 Å². The van der Waals surface area contributed by atoms with Crippen molar-refractivity contribution in [2.45, 2.75) is 19.1 Å². The van der Waals surface area contributed by atoms with Gasteiger partial charge in [-0.05, 0) is 18.6 Å². The number of ether oxygens (including phenoxy) is 1. The van der Waals surface area contributed by atoms with E-state index in [1.165, 1.54) is 12.3 Å². The molecule has 1 N–H and O–H groups in total. The van der Waals surface area contributed by atoms with Gasteiger partial charge in [0, 0.05) is 38.3 Å². The molecule has 0 aromatic carbocycles. The molecular weight excluding hydrogens is 320 g/mol. The Hall–Kier alpha value is -2.12. The summed E-state index contributed by atoms with van der Waals surface area (Å²) in [7, 11) is 0. The van der Waals surface area contributed by atoms with Gasteiger partial charge in [-0.2, -0.15) is 5.10 Å². The minimum atomic E-state index is -0.404. The molecule has 3 rings (SSSR count). The van der Waals surface area contributed by atoms with Gasteiger partial charge in [0.1, 0.15) is 5.02 Å². The minimum Gasteiger partial charge on any atom is -0.374 e. The molecule has 8 heteroatoms. The number of H-pyrrole nitrogens is 1. The van der Waals surface area contributed by atoms with Gasteiger partial charge in [-0.15, -0.1) is 0 Å². The molecule has 2 aromatic heterocycles. The Balaban J connectivity index is 1.73. The van der Waals surface area contributed by atoms with Crippen molar-refractivity contribution >= 4 is 17.5 Å². The number of amides is 1.